The molecule has 1 aliphatic heterocycles. The van der Waals surface area contributed by atoms with Gasteiger partial charge in [0.1, 0.15) is 5.75 Å². The molecule has 6 nitrogen and oxygen atoms in total. The van der Waals surface area contributed by atoms with Crippen LogP contribution in [0.3, 0.4) is 0 Å². The van der Waals surface area contributed by atoms with Crippen molar-refractivity contribution in [3.63, 3.8) is 0 Å². The molecule has 1 fully saturated rings. The highest BCUT2D eigenvalue weighted by molar-refractivity contribution is 5.97. The number of nitrogens with zero attached hydrogens (tertiary/aromatic N) is 1. The number of carbonyl (C=O) groups is 2. The Morgan fingerprint density at radius 1 is 1.36 bits per heavy atom. The van der Waals surface area contributed by atoms with E-state index in [1.165, 1.54) is 0 Å². The Labute approximate surface area is 148 Å². The highest BCUT2D eigenvalue weighted by atomic mass is 16.5. The summed E-state index contributed by atoms with van der Waals surface area (Å²) in [5.41, 5.74) is 1.40. The van der Waals surface area contributed by atoms with Crippen LogP contribution in [0.2, 0.25) is 0 Å². The summed E-state index contributed by atoms with van der Waals surface area (Å²) in [5.74, 6) is 1.21. The Bertz CT molecular complexity index is 672. The normalized spacial score (nSPS) is 19.8. The maximum Gasteiger partial charge on any atom is 0.319 e. The van der Waals surface area contributed by atoms with Gasteiger partial charge in [0.05, 0.1) is 12.8 Å². The van der Waals surface area contributed by atoms with Gasteiger partial charge in [-0.15, -0.1) is 0 Å². The maximum atomic E-state index is 12.1. The van der Waals surface area contributed by atoms with Gasteiger partial charge in [0, 0.05) is 31.3 Å². The van der Waals surface area contributed by atoms with E-state index in [1.54, 1.807) is 24.1 Å². The first-order valence-electron chi connectivity index (χ1n) is 8.85. The standard InChI is InChI=1S/C19H25N3O3/c1-25-17-12-15(9-10-16(17)22-11-5-8-18(22)23)21-19(24)20-13-14-6-3-2-4-7-14/h2-3,9-10,12,14H,4-8,11,13H2,1H3,(H2,20,21,24). The lowest BCUT2D eigenvalue weighted by Gasteiger charge is -2.20. The van der Waals surface area contributed by atoms with Crippen LogP contribution < -0.4 is 20.3 Å². The summed E-state index contributed by atoms with van der Waals surface area (Å²) in [6.07, 6.45) is 9.02. The van der Waals surface area contributed by atoms with Crippen LogP contribution in [0.4, 0.5) is 16.2 Å². The van der Waals surface area contributed by atoms with Crippen LogP contribution >= 0.6 is 0 Å². The maximum absolute atomic E-state index is 12.1. The monoisotopic (exact) mass is 343 g/mol. The molecular weight excluding hydrogens is 318 g/mol. The molecule has 3 amide bonds. The number of rotatable bonds is 5. The third kappa shape index (κ3) is 4.32. The lowest BCUT2D eigenvalue weighted by Crippen LogP contribution is -2.33. The number of urea groups is 1. The first-order chi connectivity index (χ1) is 12.2. The van der Waals surface area contributed by atoms with Crippen molar-refractivity contribution in [1.29, 1.82) is 0 Å². The fourth-order valence-electron chi connectivity index (χ4n) is 3.34. The van der Waals surface area contributed by atoms with Crippen LogP contribution in [0.25, 0.3) is 0 Å². The van der Waals surface area contributed by atoms with Crippen LogP contribution in [0.5, 0.6) is 5.75 Å². The smallest absolute Gasteiger partial charge is 0.319 e. The lowest BCUT2D eigenvalue weighted by molar-refractivity contribution is -0.117. The molecule has 1 aromatic rings. The third-order valence-electron chi connectivity index (χ3n) is 4.73. The van der Waals surface area contributed by atoms with Crippen LogP contribution in [0, 0.1) is 5.92 Å². The highest BCUT2D eigenvalue weighted by Gasteiger charge is 2.24. The average molecular weight is 343 g/mol. The van der Waals surface area contributed by atoms with Crippen LogP contribution in [-0.4, -0.2) is 32.1 Å². The van der Waals surface area contributed by atoms with Crippen molar-refractivity contribution in [3.05, 3.63) is 30.4 Å². The quantitative estimate of drug-likeness (QED) is 0.806. The molecule has 1 saturated heterocycles. The summed E-state index contributed by atoms with van der Waals surface area (Å²) >= 11 is 0. The average Bonchev–Trinajstić information content (AvgIpc) is 3.06. The molecule has 1 atom stereocenters. The number of anilines is 2. The van der Waals surface area contributed by atoms with E-state index < -0.39 is 0 Å². The molecule has 1 unspecified atom stereocenters. The second kappa shape index (κ2) is 8.05. The number of hydrogen-bond acceptors (Lipinski definition) is 3. The Morgan fingerprint density at radius 2 is 2.24 bits per heavy atom. The number of allylic oxidation sites excluding steroid dienone is 2. The Hall–Kier alpha value is -2.50. The van der Waals surface area contributed by atoms with E-state index in [0.717, 1.165) is 31.4 Å². The molecule has 25 heavy (non-hydrogen) atoms. The summed E-state index contributed by atoms with van der Waals surface area (Å²) in [4.78, 5) is 25.8. The zero-order valence-electron chi connectivity index (χ0n) is 14.6. The van der Waals surface area contributed by atoms with Gasteiger partial charge in [-0.3, -0.25) is 4.79 Å². The van der Waals surface area contributed by atoms with Crippen LogP contribution in [-0.2, 0) is 4.79 Å². The van der Waals surface area contributed by atoms with Gasteiger partial charge in [-0.2, -0.15) is 0 Å². The van der Waals surface area contributed by atoms with Crippen molar-refractivity contribution in [1.82, 2.24) is 5.32 Å². The number of nitrogens with one attached hydrogen (secondary N) is 2. The fraction of sp³-hybridized carbons (Fsp3) is 0.474. The van der Waals surface area contributed by atoms with E-state index in [9.17, 15) is 9.59 Å². The molecule has 0 spiro atoms. The summed E-state index contributed by atoms with van der Waals surface area (Å²) < 4.78 is 5.41. The molecule has 1 aliphatic carbocycles. The molecule has 0 bridgehead atoms. The molecular formula is C19H25N3O3. The van der Waals surface area contributed by atoms with E-state index in [2.05, 4.69) is 22.8 Å². The zero-order valence-corrected chi connectivity index (χ0v) is 14.6. The van der Waals surface area contributed by atoms with Crippen molar-refractivity contribution in [2.24, 2.45) is 5.92 Å². The van der Waals surface area contributed by atoms with Gasteiger partial charge in [-0.05, 0) is 43.7 Å². The summed E-state index contributed by atoms with van der Waals surface area (Å²) in [5, 5.41) is 5.76. The molecule has 1 heterocycles. The van der Waals surface area contributed by atoms with Gasteiger partial charge in [0.2, 0.25) is 5.91 Å². The number of hydrogen-bond donors (Lipinski definition) is 2. The molecule has 0 aromatic heterocycles. The second-order valence-corrected chi connectivity index (χ2v) is 6.52. The van der Waals surface area contributed by atoms with E-state index in [-0.39, 0.29) is 11.9 Å². The number of amides is 3. The van der Waals surface area contributed by atoms with Gasteiger partial charge < -0.3 is 20.3 Å². The van der Waals surface area contributed by atoms with Gasteiger partial charge in [-0.1, -0.05) is 12.2 Å². The minimum absolute atomic E-state index is 0.110. The van der Waals surface area contributed by atoms with Gasteiger partial charge in [0.25, 0.3) is 0 Å². The zero-order chi connectivity index (χ0) is 17.6. The number of methoxy groups -OCH3 is 1. The molecule has 2 aliphatic rings. The van der Waals surface area contributed by atoms with Gasteiger partial charge >= 0.3 is 6.03 Å². The Balaban J connectivity index is 1.59. The second-order valence-electron chi connectivity index (χ2n) is 6.52. The molecule has 0 radical (unpaired) electrons. The predicted molar refractivity (Wildman–Crippen MR) is 98.1 cm³/mol. The third-order valence-corrected chi connectivity index (χ3v) is 4.73. The van der Waals surface area contributed by atoms with Crippen LogP contribution in [0.1, 0.15) is 32.1 Å². The molecule has 3 rings (SSSR count). The SMILES string of the molecule is COc1cc(NC(=O)NCC2CC=CCC2)ccc1N1CCCC1=O. The van der Waals surface area contributed by atoms with Gasteiger partial charge in [0.15, 0.2) is 0 Å². The van der Waals surface area contributed by atoms with Gasteiger partial charge in [-0.25, -0.2) is 4.79 Å². The summed E-state index contributed by atoms with van der Waals surface area (Å²) in [6.45, 7) is 1.38. The number of benzene rings is 1. The van der Waals surface area contributed by atoms with E-state index in [1.807, 2.05) is 6.07 Å². The summed E-state index contributed by atoms with van der Waals surface area (Å²) in [6, 6.07) is 5.15. The van der Waals surface area contributed by atoms with Crippen LogP contribution in [0.15, 0.2) is 30.4 Å². The molecule has 1 aromatic carbocycles. The van der Waals surface area contributed by atoms with E-state index in [0.29, 0.717) is 36.9 Å². The van der Waals surface area contributed by atoms with Crippen molar-refractivity contribution >= 4 is 23.3 Å². The minimum Gasteiger partial charge on any atom is -0.494 e. The fourth-order valence-corrected chi connectivity index (χ4v) is 3.34. The van der Waals surface area contributed by atoms with Crippen molar-refractivity contribution in [3.8, 4) is 5.75 Å². The van der Waals surface area contributed by atoms with Crippen molar-refractivity contribution in [2.75, 3.05) is 30.4 Å². The first-order valence-corrected chi connectivity index (χ1v) is 8.85. The Kier molecular flexibility index (Phi) is 5.58. The summed E-state index contributed by atoms with van der Waals surface area (Å²) in [7, 11) is 1.57. The largest absolute Gasteiger partial charge is 0.494 e. The molecule has 134 valence electrons. The number of carbonyl (C=O) groups excluding carboxylic acids is 2. The molecule has 2 N–H and O–H groups in total. The van der Waals surface area contributed by atoms with E-state index in [4.69, 9.17) is 4.74 Å². The molecule has 6 heteroatoms. The predicted octanol–water partition coefficient (Wildman–Crippen LogP) is 3.30. The van der Waals surface area contributed by atoms with E-state index >= 15 is 0 Å². The number of ether oxygens (including phenoxy) is 1. The molecule has 0 saturated carbocycles. The Morgan fingerprint density at radius 3 is 2.92 bits per heavy atom. The topological polar surface area (TPSA) is 70.7 Å². The lowest BCUT2D eigenvalue weighted by atomic mass is 9.94. The minimum atomic E-state index is -0.221. The highest BCUT2D eigenvalue weighted by Crippen LogP contribution is 2.33. The van der Waals surface area contributed by atoms with Crippen molar-refractivity contribution < 1.29 is 14.3 Å². The first kappa shape index (κ1) is 17.3. The van der Waals surface area contributed by atoms with Crippen molar-refractivity contribution in [2.45, 2.75) is 32.1 Å².